The van der Waals surface area contributed by atoms with E-state index in [1.165, 1.54) is 0 Å². The Morgan fingerprint density at radius 3 is 1.63 bits per heavy atom. The number of thioether (sulfide) groups is 1. The van der Waals surface area contributed by atoms with Gasteiger partial charge in [-0.25, -0.2) is 4.79 Å². The topological polar surface area (TPSA) is 253 Å². The molecule has 392 valence electrons. The van der Waals surface area contributed by atoms with Crippen molar-refractivity contribution < 1.29 is 48.9 Å². The lowest BCUT2D eigenvalue weighted by molar-refractivity contribution is -0.140. The molecule has 3 rings (SSSR count). The lowest BCUT2D eigenvalue weighted by atomic mass is 9.85. The van der Waals surface area contributed by atoms with Crippen LogP contribution in [0.3, 0.4) is 0 Å². The molecule has 71 heavy (non-hydrogen) atoms. The van der Waals surface area contributed by atoms with Gasteiger partial charge >= 0.3 is 23.9 Å². The van der Waals surface area contributed by atoms with Gasteiger partial charge in [-0.15, -0.1) is 0 Å². The Kier molecular flexibility index (Phi) is 27.8. The summed E-state index contributed by atoms with van der Waals surface area (Å²) < 4.78 is 0. The SMILES string of the molecule is CC[C@H](C)[C@H](CC(=O)[C@H](CCSC)NC(=O)Nc1ccc(CNC(=O)CN2CCN(CC(=O)O)CCN(CC(=O)O)CCN(CC(=O)O)CC2)cc1)C(=O)NCCCC(=S)Cc1ccc(NC(C)=S)cc1. The highest BCUT2D eigenvalue weighted by atomic mass is 32.2. The summed E-state index contributed by atoms with van der Waals surface area (Å²) in [6.07, 6.45) is 4.95. The summed E-state index contributed by atoms with van der Waals surface area (Å²) in [5, 5.41) is 43.1. The van der Waals surface area contributed by atoms with E-state index in [4.69, 9.17) is 24.4 Å². The van der Waals surface area contributed by atoms with E-state index < -0.39 is 35.9 Å². The van der Waals surface area contributed by atoms with Crippen LogP contribution in [0, 0.1) is 11.8 Å². The largest absolute Gasteiger partial charge is 0.480 e. The fraction of sp³-hybridized carbons (Fsp3) is 0.571. The number of benzene rings is 2. The monoisotopic (exact) mass is 1040 g/mol. The first kappa shape index (κ1) is 60.2. The van der Waals surface area contributed by atoms with Gasteiger partial charge in [-0.2, -0.15) is 11.8 Å². The molecule has 2 aromatic rings. The second kappa shape index (κ2) is 32.8. The van der Waals surface area contributed by atoms with Crippen LogP contribution >= 0.6 is 36.2 Å². The molecule has 19 nitrogen and oxygen atoms in total. The van der Waals surface area contributed by atoms with E-state index in [2.05, 4.69) is 26.6 Å². The zero-order valence-corrected chi connectivity index (χ0v) is 43.9. The highest BCUT2D eigenvalue weighted by molar-refractivity contribution is 7.98. The van der Waals surface area contributed by atoms with Gasteiger partial charge in [0.15, 0.2) is 5.78 Å². The Balaban J connectivity index is 1.53. The molecule has 1 fully saturated rings. The Labute approximate surface area is 432 Å². The number of Topliss-reactive ketones (excluding diaryl/α,β-unsaturated/α-hetero) is 1. The second-order valence-corrected chi connectivity index (χ2v) is 20.0. The number of nitrogens with one attached hydrogen (secondary N) is 5. The maximum atomic E-state index is 13.8. The van der Waals surface area contributed by atoms with E-state index in [1.807, 2.05) is 56.2 Å². The van der Waals surface area contributed by atoms with Crippen LogP contribution in [0.1, 0.15) is 64.0 Å². The molecule has 0 bridgehead atoms. The van der Waals surface area contributed by atoms with E-state index in [9.17, 15) is 48.9 Å². The summed E-state index contributed by atoms with van der Waals surface area (Å²) in [5.74, 6) is -3.87. The summed E-state index contributed by atoms with van der Waals surface area (Å²) in [7, 11) is 0. The highest BCUT2D eigenvalue weighted by Crippen LogP contribution is 2.22. The number of carbonyl (C=O) groups excluding carboxylic acids is 4. The van der Waals surface area contributed by atoms with E-state index in [-0.39, 0.29) is 102 Å². The van der Waals surface area contributed by atoms with Crippen molar-refractivity contribution in [2.45, 2.75) is 71.9 Å². The summed E-state index contributed by atoms with van der Waals surface area (Å²) in [5.41, 5.74) is 3.22. The summed E-state index contributed by atoms with van der Waals surface area (Å²) >= 11 is 12.3. The van der Waals surface area contributed by atoms with Crippen LogP contribution in [0.15, 0.2) is 48.5 Å². The van der Waals surface area contributed by atoms with E-state index in [1.54, 1.807) is 50.7 Å². The number of carboxylic acid groups (broad SMARTS) is 3. The second-order valence-electron chi connectivity index (χ2n) is 17.8. The number of hydrogen-bond donors (Lipinski definition) is 8. The van der Waals surface area contributed by atoms with Gasteiger partial charge in [-0.1, -0.05) is 69.0 Å². The zero-order chi connectivity index (χ0) is 52.3. The van der Waals surface area contributed by atoms with Crippen molar-refractivity contribution in [2.24, 2.45) is 11.8 Å². The summed E-state index contributed by atoms with van der Waals surface area (Å²) in [6.45, 7) is 7.77. The lowest BCUT2D eigenvalue weighted by Gasteiger charge is -2.32. The molecule has 4 amide bonds. The third kappa shape index (κ3) is 25.2. The average Bonchev–Trinajstić information content (AvgIpc) is 3.31. The van der Waals surface area contributed by atoms with Gasteiger partial charge in [0.1, 0.15) is 0 Å². The molecule has 0 aromatic heterocycles. The normalized spacial score (nSPS) is 15.7. The molecule has 0 spiro atoms. The molecule has 1 heterocycles. The van der Waals surface area contributed by atoms with Crippen LogP contribution in [0.25, 0.3) is 0 Å². The molecule has 1 aliphatic heterocycles. The molecule has 8 N–H and O–H groups in total. The number of aliphatic carboxylic acids is 3. The van der Waals surface area contributed by atoms with Crippen LogP contribution in [-0.4, -0.2) is 189 Å². The third-order valence-electron chi connectivity index (χ3n) is 12.1. The van der Waals surface area contributed by atoms with Crippen molar-refractivity contribution >= 4 is 99.0 Å². The van der Waals surface area contributed by atoms with E-state index in [0.29, 0.717) is 68.2 Å². The minimum absolute atomic E-state index is 0.0221. The fourth-order valence-corrected chi connectivity index (χ4v) is 8.77. The number of ketones is 1. The van der Waals surface area contributed by atoms with Gasteiger partial charge < -0.3 is 41.9 Å². The van der Waals surface area contributed by atoms with Gasteiger partial charge in [-0.3, -0.25) is 48.4 Å². The predicted octanol–water partition coefficient (Wildman–Crippen LogP) is 3.91. The molecular weight excluding hydrogens is 971 g/mol. The van der Waals surface area contributed by atoms with E-state index >= 15 is 0 Å². The predicted molar refractivity (Wildman–Crippen MR) is 285 cm³/mol. The first-order valence-corrected chi connectivity index (χ1v) is 26.2. The number of rotatable bonds is 28. The minimum Gasteiger partial charge on any atom is -0.480 e. The van der Waals surface area contributed by atoms with Crippen LogP contribution in [0.2, 0.25) is 0 Å². The number of carbonyl (C=O) groups is 7. The Hall–Kier alpha value is -5.10. The quantitative estimate of drug-likeness (QED) is 0.0444. The lowest BCUT2D eigenvalue weighted by Crippen LogP contribution is -2.49. The Morgan fingerprint density at radius 2 is 1.17 bits per heavy atom. The van der Waals surface area contributed by atoms with Crippen LogP contribution in [0.5, 0.6) is 0 Å². The molecule has 0 unspecified atom stereocenters. The molecule has 0 saturated carbocycles. The van der Waals surface area contributed by atoms with Crippen molar-refractivity contribution in [1.82, 2.24) is 35.6 Å². The maximum Gasteiger partial charge on any atom is 0.319 e. The summed E-state index contributed by atoms with van der Waals surface area (Å²) in [4.78, 5) is 97.0. The van der Waals surface area contributed by atoms with Gasteiger partial charge in [0.2, 0.25) is 11.8 Å². The fourth-order valence-electron chi connectivity index (χ4n) is 7.87. The van der Waals surface area contributed by atoms with Crippen LogP contribution < -0.4 is 26.6 Å². The first-order chi connectivity index (χ1) is 33.8. The zero-order valence-electron chi connectivity index (χ0n) is 41.4. The molecular formula is C49H73N9O10S3. The number of hydrogen-bond acceptors (Lipinski definition) is 14. The standard InChI is InChI=1S/C49H73N9O10S3/c1-5-34(2)41(48(67)50-17-6-7-40(70)27-36-8-12-38(13-9-36)52-35(3)69)28-43(59)42(16-26-71-4)54-49(68)53-39-14-10-37(11-15-39)29-51-44(60)30-55-18-20-56(31-45(61)62)22-24-58(33-47(65)66)25-23-57(21-19-55)32-46(63)64/h8-15,34,41-42H,5-7,16-33H2,1-4H3,(H,50,67)(H,51,60)(H,52,69)(H,61,62)(H,63,64)(H,65,66)(H2,53,54,68)/t34-,41-,42-/m0/s1. The smallest absolute Gasteiger partial charge is 0.319 e. The van der Waals surface area contributed by atoms with Crippen LogP contribution in [-0.2, 0) is 41.7 Å². The number of anilines is 2. The molecule has 2 aromatic carbocycles. The molecule has 22 heteroatoms. The maximum absolute atomic E-state index is 13.8. The van der Waals surface area contributed by atoms with Crippen LogP contribution in [0.4, 0.5) is 16.2 Å². The average molecular weight is 1040 g/mol. The highest BCUT2D eigenvalue weighted by Gasteiger charge is 2.31. The van der Waals surface area contributed by atoms with Crippen molar-refractivity contribution in [3.63, 3.8) is 0 Å². The minimum atomic E-state index is -1.04. The number of thiocarbonyl (C=S) groups is 2. The Morgan fingerprint density at radius 1 is 0.690 bits per heavy atom. The number of urea groups is 1. The third-order valence-corrected chi connectivity index (χ3v) is 13.2. The van der Waals surface area contributed by atoms with Crippen molar-refractivity contribution in [3.8, 4) is 0 Å². The number of nitrogens with zero attached hydrogens (tertiary/aromatic N) is 4. The van der Waals surface area contributed by atoms with Gasteiger partial charge in [0, 0.05) is 95.6 Å². The van der Waals surface area contributed by atoms with Gasteiger partial charge in [0.05, 0.1) is 37.2 Å². The van der Waals surface area contributed by atoms with Crippen molar-refractivity contribution in [2.75, 3.05) is 108 Å². The first-order valence-electron chi connectivity index (χ1n) is 24.0. The van der Waals surface area contributed by atoms with Crippen molar-refractivity contribution in [1.29, 1.82) is 0 Å². The van der Waals surface area contributed by atoms with E-state index in [0.717, 1.165) is 21.7 Å². The van der Waals surface area contributed by atoms with Gasteiger partial charge in [0.25, 0.3) is 0 Å². The molecule has 1 saturated heterocycles. The molecule has 1 aliphatic rings. The molecule has 0 radical (unpaired) electrons. The Bertz CT molecular complexity index is 2050. The molecule has 3 atom stereocenters. The summed E-state index contributed by atoms with van der Waals surface area (Å²) in [6, 6.07) is 13.4. The number of carboxylic acids is 3. The number of amides is 4. The van der Waals surface area contributed by atoms with Gasteiger partial charge in [-0.05, 0) is 84.4 Å². The van der Waals surface area contributed by atoms with Crippen molar-refractivity contribution in [3.05, 3.63) is 59.7 Å². The molecule has 0 aliphatic carbocycles.